The van der Waals surface area contributed by atoms with Crippen molar-refractivity contribution in [2.45, 2.75) is 25.6 Å². The van der Waals surface area contributed by atoms with Crippen molar-refractivity contribution < 1.29 is 31.5 Å². The van der Waals surface area contributed by atoms with Crippen molar-refractivity contribution in [3.63, 3.8) is 0 Å². The Morgan fingerprint density at radius 2 is 1.94 bits per heavy atom. The molecule has 0 unspecified atom stereocenters. The molecule has 0 aliphatic rings. The van der Waals surface area contributed by atoms with Crippen molar-refractivity contribution in [2.75, 3.05) is 0 Å². The van der Waals surface area contributed by atoms with Crippen molar-refractivity contribution in [3.8, 4) is 5.75 Å². The number of halogens is 5. The number of aldehydes is 1. The van der Waals surface area contributed by atoms with Gasteiger partial charge in [-0.3, -0.25) is 0 Å². The number of carbonyl (C=O) groups is 1. The molecule has 0 saturated carbocycles. The lowest BCUT2D eigenvalue weighted by Gasteiger charge is -2.16. The maximum atomic E-state index is 12.6. The van der Waals surface area contributed by atoms with Gasteiger partial charge in [0.25, 0.3) is 6.43 Å². The first kappa shape index (κ1) is 14.4. The van der Waals surface area contributed by atoms with Crippen LogP contribution in [-0.2, 0) is 11.2 Å². The van der Waals surface area contributed by atoms with E-state index in [9.17, 15) is 26.7 Å². The van der Waals surface area contributed by atoms with E-state index in [-0.39, 0.29) is 18.4 Å². The third kappa shape index (κ3) is 3.97. The number of para-hydroxylation sites is 1. The van der Waals surface area contributed by atoms with Crippen molar-refractivity contribution in [2.24, 2.45) is 0 Å². The van der Waals surface area contributed by atoms with Gasteiger partial charge in [-0.25, -0.2) is 8.78 Å². The zero-order valence-corrected chi connectivity index (χ0v) is 9.01. The van der Waals surface area contributed by atoms with Gasteiger partial charge < -0.3 is 9.53 Å². The third-order valence-corrected chi connectivity index (χ3v) is 2.11. The molecule has 0 heterocycles. The second-order valence-electron chi connectivity index (χ2n) is 3.39. The van der Waals surface area contributed by atoms with E-state index >= 15 is 0 Å². The molecule has 0 radical (unpaired) electrons. The van der Waals surface area contributed by atoms with Crippen LogP contribution in [0.15, 0.2) is 18.2 Å². The topological polar surface area (TPSA) is 26.3 Å². The Morgan fingerprint density at radius 3 is 2.44 bits per heavy atom. The number of ether oxygens (including phenoxy) is 1. The van der Waals surface area contributed by atoms with Crippen LogP contribution in [0.5, 0.6) is 5.75 Å². The lowest BCUT2D eigenvalue weighted by molar-refractivity contribution is -0.275. The molecular formula is C11H9F5O2. The van der Waals surface area contributed by atoms with Gasteiger partial charge in [0, 0.05) is 6.42 Å². The largest absolute Gasteiger partial charge is 0.573 e. The Bertz CT molecular complexity index is 414. The average molecular weight is 268 g/mol. The van der Waals surface area contributed by atoms with E-state index in [0.29, 0.717) is 6.29 Å². The van der Waals surface area contributed by atoms with Gasteiger partial charge in [-0.05, 0) is 18.1 Å². The molecule has 1 aromatic carbocycles. The van der Waals surface area contributed by atoms with Crippen molar-refractivity contribution in [1.82, 2.24) is 0 Å². The van der Waals surface area contributed by atoms with Crippen LogP contribution < -0.4 is 4.74 Å². The van der Waals surface area contributed by atoms with Gasteiger partial charge in [0.15, 0.2) is 0 Å². The Kier molecular flexibility index (Phi) is 4.63. The minimum absolute atomic E-state index is 0.0685. The number of hydrogen-bond acceptors (Lipinski definition) is 2. The summed E-state index contributed by atoms with van der Waals surface area (Å²) in [5.74, 6) is -0.915. The number of rotatable bonds is 5. The summed E-state index contributed by atoms with van der Waals surface area (Å²) in [6, 6.07) is 3.28. The standard InChI is InChI=1S/C11H9F5O2/c12-10(13)8-5-1-3-7(4-2-6-17)9(8)18-11(14,15)16/h1,3,5-6,10H,2,4H2. The number of alkyl halides is 5. The zero-order valence-electron chi connectivity index (χ0n) is 9.01. The zero-order chi connectivity index (χ0) is 13.8. The molecule has 0 aliphatic carbocycles. The second-order valence-corrected chi connectivity index (χ2v) is 3.39. The maximum absolute atomic E-state index is 12.6. The Labute approximate surface area is 99.4 Å². The summed E-state index contributed by atoms with van der Waals surface area (Å²) in [6.07, 6.45) is -7.80. The molecule has 0 saturated heterocycles. The molecule has 1 rings (SSSR count). The van der Waals surface area contributed by atoms with Crippen molar-refractivity contribution >= 4 is 6.29 Å². The molecule has 0 atom stereocenters. The second kappa shape index (κ2) is 5.79. The van der Waals surface area contributed by atoms with E-state index in [1.54, 1.807) is 0 Å². The highest BCUT2D eigenvalue weighted by molar-refractivity contribution is 5.51. The Balaban J connectivity index is 3.16. The molecule has 7 heteroatoms. The van der Waals surface area contributed by atoms with E-state index in [4.69, 9.17) is 0 Å². The summed E-state index contributed by atoms with van der Waals surface area (Å²) in [5, 5.41) is 0. The summed E-state index contributed by atoms with van der Waals surface area (Å²) >= 11 is 0. The fourth-order valence-electron chi connectivity index (χ4n) is 1.43. The van der Waals surface area contributed by atoms with Gasteiger partial charge >= 0.3 is 6.36 Å². The lowest BCUT2D eigenvalue weighted by atomic mass is 10.0. The van der Waals surface area contributed by atoms with E-state index in [0.717, 1.165) is 6.07 Å². The molecule has 100 valence electrons. The SMILES string of the molecule is O=CCCc1cccc(C(F)F)c1OC(F)(F)F. The summed E-state index contributed by atoms with van der Waals surface area (Å²) in [6.45, 7) is 0. The van der Waals surface area contributed by atoms with Crippen LogP contribution in [0.3, 0.4) is 0 Å². The smallest absolute Gasteiger partial charge is 0.405 e. The monoisotopic (exact) mass is 268 g/mol. The molecule has 0 amide bonds. The third-order valence-electron chi connectivity index (χ3n) is 2.11. The predicted molar refractivity (Wildman–Crippen MR) is 52.5 cm³/mol. The molecule has 0 aromatic heterocycles. The average Bonchev–Trinajstić information content (AvgIpc) is 2.25. The van der Waals surface area contributed by atoms with Gasteiger partial charge in [-0.1, -0.05) is 12.1 Å². The summed E-state index contributed by atoms with van der Waals surface area (Å²) in [5.41, 5.74) is -0.909. The van der Waals surface area contributed by atoms with Crippen LogP contribution >= 0.6 is 0 Å². The van der Waals surface area contributed by atoms with Crippen LogP contribution in [0.1, 0.15) is 24.0 Å². The van der Waals surface area contributed by atoms with Crippen molar-refractivity contribution in [1.29, 1.82) is 0 Å². The highest BCUT2D eigenvalue weighted by Crippen LogP contribution is 2.36. The van der Waals surface area contributed by atoms with Crippen LogP contribution in [-0.4, -0.2) is 12.6 Å². The van der Waals surface area contributed by atoms with Gasteiger partial charge in [0.2, 0.25) is 0 Å². The number of benzene rings is 1. The van der Waals surface area contributed by atoms with Gasteiger partial charge in [0.05, 0.1) is 5.56 Å². The molecule has 0 fully saturated rings. The van der Waals surface area contributed by atoms with Crippen LogP contribution in [0.25, 0.3) is 0 Å². The van der Waals surface area contributed by atoms with E-state index in [1.807, 2.05) is 0 Å². The minimum Gasteiger partial charge on any atom is -0.405 e. The first-order chi connectivity index (χ1) is 8.35. The molecule has 2 nitrogen and oxygen atoms in total. The summed E-state index contributed by atoms with van der Waals surface area (Å²) in [7, 11) is 0. The fraction of sp³-hybridized carbons (Fsp3) is 0.364. The number of carbonyl (C=O) groups excluding carboxylic acids is 1. The molecule has 0 bridgehead atoms. The summed E-state index contributed by atoms with van der Waals surface area (Å²) < 4.78 is 65.3. The molecule has 0 aliphatic heterocycles. The minimum atomic E-state index is -5.05. The first-order valence-electron chi connectivity index (χ1n) is 4.94. The van der Waals surface area contributed by atoms with Crippen molar-refractivity contribution in [3.05, 3.63) is 29.3 Å². The van der Waals surface area contributed by atoms with E-state index in [2.05, 4.69) is 4.74 Å². The highest BCUT2D eigenvalue weighted by Gasteiger charge is 2.34. The first-order valence-corrected chi connectivity index (χ1v) is 4.94. The molecule has 0 N–H and O–H groups in total. The maximum Gasteiger partial charge on any atom is 0.573 e. The number of hydrogen-bond donors (Lipinski definition) is 0. The van der Waals surface area contributed by atoms with E-state index < -0.39 is 24.1 Å². The molecule has 18 heavy (non-hydrogen) atoms. The normalized spacial score (nSPS) is 11.7. The molecule has 0 spiro atoms. The Hall–Kier alpha value is -1.66. The summed E-state index contributed by atoms with van der Waals surface area (Å²) in [4.78, 5) is 10.2. The lowest BCUT2D eigenvalue weighted by Crippen LogP contribution is -2.19. The fourth-order valence-corrected chi connectivity index (χ4v) is 1.43. The van der Waals surface area contributed by atoms with Crippen LogP contribution in [0.4, 0.5) is 22.0 Å². The highest BCUT2D eigenvalue weighted by atomic mass is 19.4. The quantitative estimate of drug-likeness (QED) is 0.601. The molecular weight excluding hydrogens is 259 g/mol. The van der Waals surface area contributed by atoms with Gasteiger partial charge in [-0.2, -0.15) is 0 Å². The van der Waals surface area contributed by atoms with Crippen LogP contribution in [0, 0.1) is 0 Å². The van der Waals surface area contributed by atoms with E-state index in [1.165, 1.54) is 12.1 Å². The Morgan fingerprint density at radius 1 is 1.28 bits per heavy atom. The van der Waals surface area contributed by atoms with Gasteiger partial charge in [-0.15, -0.1) is 13.2 Å². The van der Waals surface area contributed by atoms with Crippen LogP contribution in [0.2, 0.25) is 0 Å². The molecule has 1 aromatic rings. The van der Waals surface area contributed by atoms with Gasteiger partial charge in [0.1, 0.15) is 12.0 Å². The number of aryl methyl sites for hydroxylation is 1. The predicted octanol–water partition coefficient (Wildman–Crippen LogP) is 3.65.